The molecule has 1 amide bonds. The molecule has 1 heterocycles. The van der Waals surface area contributed by atoms with Crippen LogP contribution >= 0.6 is 0 Å². The summed E-state index contributed by atoms with van der Waals surface area (Å²) in [6.45, 7) is 0.375. The van der Waals surface area contributed by atoms with Gasteiger partial charge in [-0.05, 0) is 0 Å². The third-order valence-corrected chi connectivity index (χ3v) is 2.27. The number of nitrogens with two attached hydrogens (primary N) is 1. The molecule has 0 aromatic carbocycles. The van der Waals surface area contributed by atoms with Crippen LogP contribution in [0.3, 0.4) is 0 Å². The van der Waals surface area contributed by atoms with Crippen molar-refractivity contribution in [2.45, 2.75) is 0 Å². The van der Waals surface area contributed by atoms with E-state index in [2.05, 4.69) is 4.74 Å². The smallest absolute Gasteiger partial charge is 0.407 e. The van der Waals surface area contributed by atoms with Crippen molar-refractivity contribution in [2.24, 2.45) is 11.1 Å². The molecule has 0 unspecified atom stereocenters. The molecule has 0 aromatic rings. The molecule has 0 saturated carbocycles. The highest BCUT2D eigenvalue weighted by atomic mass is 16.5. The molecule has 0 spiro atoms. The first-order valence-corrected chi connectivity index (χ1v) is 3.82. The van der Waals surface area contributed by atoms with Gasteiger partial charge in [0.2, 0.25) is 0 Å². The summed E-state index contributed by atoms with van der Waals surface area (Å²) < 4.78 is 4.54. The predicted octanol–water partition coefficient (Wildman–Crippen LogP) is -0.902. The van der Waals surface area contributed by atoms with E-state index in [9.17, 15) is 9.59 Å². The molecule has 0 radical (unpaired) electrons. The van der Waals surface area contributed by atoms with Gasteiger partial charge in [-0.1, -0.05) is 0 Å². The standard InChI is InChI=1S/C7H12N2O4/c1-13-5(10)7(2-8)3-9(4-7)6(11)12/h2-4,8H2,1H3,(H,11,12). The van der Waals surface area contributed by atoms with Crippen LogP contribution in [0.15, 0.2) is 0 Å². The quantitative estimate of drug-likeness (QED) is 0.548. The van der Waals surface area contributed by atoms with E-state index in [0.717, 1.165) is 4.90 Å². The number of hydrogen-bond acceptors (Lipinski definition) is 4. The Morgan fingerprint density at radius 1 is 1.62 bits per heavy atom. The van der Waals surface area contributed by atoms with Gasteiger partial charge in [0.1, 0.15) is 5.41 Å². The normalized spacial score (nSPS) is 19.1. The van der Waals surface area contributed by atoms with Crippen LogP contribution < -0.4 is 5.73 Å². The lowest BCUT2D eigenvalue weighted by atomic mass is 9.80. The van der Waals surface area contributed by atoms with E-state index in [1.165, 1.54) is 7.11 Å². The van der Waals surface area contributed by atoms with Crippen LogP contribution in [0.2, 0.25) is 0 Å². The first-order chi connectivity index (χ1) is 6.05. The highest BCUT2D eigenvalue weighted by Gasteiger charge is 2.51. The average Bonchev–Trinajstić information content (AvgIpc) is 2.02. The van der Waals surface area contributed by atoms with E-state index in [1.54, 1.807) is 0 Å². The van der Waals surface area contributed by atoms with Gasteiger partial charge in [0.15, 0.2) is 0 Å². The Bertz CT molecular complexity index is 235. The van der Waals surface area contributed by atoms with Gasteiger partial charge in [0.05, 0.1) is 7.11 Å². The number of methoxy groups -OCH3 is 1. The summed E-state index contributed by atoms with van der Waals surface area (Å²) in [7, 11) is 1.27. The molecule has 1 rings (SSSR count). The molecule has 74 valence electrons. The summed E-state index contributed by atoms with van der Waals surface area (Å²) in [6, 6.07) is 0. The summed E-state index contributed by atoms with van der Waals surface area (Å²) in [5, 5.41) is 8.55. The van der Waals surface area contributed by atoms with Crippen LogP contribution in [0.5, 0.6) is 0 Å². The van der Waals surface area contributed by atoms with Crippen molar-refractivity contribution in [3.63, 3.8) is 0 Å². The molecule has 3 N–H and O–H groups in total. The monoisotopic (exact) mass is 188 g/mol. The maximum absolute atomic E-state index is 11.2. The molecule has 13 heavy (non-hydrogen) atoms. The van der Waals surface area contributed by atoms with Crippen molar-refractivity contribution in [2.75, 3.05) is 26.7 Å². The summed E-state index contributed by atoms with van der Waals surface area (Å²) >= 11 is 0. The second-order valence-corrected chi connectivity index (χ2v) is 3.11. The van der Waals surface area contributed by atoms with Gasteiger partial charge in [0, 0.05) is 19.6 Å². The number of ether oxygens (including phenoxy) is 1. The van der Waals surface area contributed by atoms with E-state index in [-0.39, 0.29) is 19.6 Å². The number of hydrogen-bond donors (Lipinski definition) is 2. The molecule has 0 aliphatic carbocycles. The largest absolute Gasteiger partial charge is 0.468 e. The lowest BCUT2D eigenvalue weighted by Crippen LogP contribution is -2.65. The van der Waals surface area contributed by atoms with Gasteiger partial charge in [-0.15, -0.1) is 0 Å². The van der Waals surface area contributed by atoms with Gasteiger partial charge in [-0.3, -0.25) is 4.79 Å². The molecular formula is C7H12N2O4. The van der Waals surface area contributed by atoms with Crippen molar-refractivity contribution in [3.05, 3.63) is 0 Å². The van der Waals surface area contributed by atoms with Crippen molar-refractivity contribution in [1.29, 1.82) is 0 Å². The van der Waals surface area contributed by atoms with Crippen molar-refractivity contribution < 1.29 is 19.4 Å². The Kier molecular flexibility index (Phi) is 2.42. The van der Waals surface area contributed by atoms with Crippen LogP contribution in [-0.2, 0) is 9.53 Å². The maximum atomic E-state index is 11.2. The number of carboxylic acid groups (broad SMARTS) is 1. The summed E-state index contributed by atoms with van der Waals surface area (Å²) in [4.78, 5) is 22.8. The highest BCUT2D eigenvalue weighted by Crippen LogP contribution is 2.30. The zero-order valence-electron chi connectivity index (χ0n) is 7.32. The fourth-order valence-electron chi connectivity index (χ4n) is 1.38. The number of rotatable bonds is 2. The number of amides is 1. The van der Waals surface area contributed by atoms with E-state index in [4.69, 9.17) is 10.8 Å². The molecule has 1 fully saturated rings. The van der Waals surface area contributed by atoms with Crippen LogP contribution in [0.25, 0.3) is 0 Å². The van der Waals surface area contributed by atoms with Crippen LogP contribution in [0.4, 0.5) is 4.79 Å². The van der Waals surface area contributed by atoms with Crippen molar-refractivity contribution in [1.82, 2.24) is 4.90 Å². The molecule has 1 aliphatic heterocycles. The number of nitrogens with zero attached hydrogens (tertiary/aromatic N) is 1. The second kappa shape index (κ2) is 3.21. The Morgan fingerprint density at radius 3 is 2.46 bits per heavy atom. The Morgan fingerprint density at radius 2 is 2.15 bits per heavy atom. The first kappa shape index (κ1) is 9.79. The number of esters is 1. The highest BCUT2D eigenvalue weighted by molar-refractivity contribution is 5.81. The van der Waals surface area contributed by atoms with Gasteiger partial charge >= 0.3 is 12.1 Å². The lowest BCUT2D eigenvalue weighted by Gasteiger charge is -2.45. The molecule has 6 nitrogen and oxygen atoms in total. The van der Waals surface area contributed by atoms with E-state index >= 15 is 0 Å². The predicted molar refractivity (Wildman–Crippen MR) is 43.1 cm³/mol. The van der Waals surface area contributed by atoms with Gasteiger partial charge in [0.25, 0.3) is 0 Å². The molecule has 0 bridgehead atoms. The zero-order chi connectivity index (χ0) is 10.1. The molecule has 1 saturated heterocycles. The van der Waals surface area contributed by atoms with Gasteiger partial charge in [-0.25, -0.2) is 4.79 Å². The fourth-order valence-corrected chi connectivity index (χ4v) is 1.38. The Balaban J connectivity index is 2.60. The third kappa shape index (κ3) is 1.44. The number of carbonyl (C=O) groups excluding carboxylic acids is 1. The van der Waals surface area contributed by atoms with Gasteiger partial charge < -0.3 is 20.5 Å². The second-order valence-electron chi connectivity index (χ2n) is 3.11. The van der Waals surface area contributed by atoms with Crippen LogP contribution in [0, 0.1) is 5.41 Å². The van der Waals surface area contributed by atoms with Crippen LogP contribution in [-0.4, -0.2) is 48.8 Å². The van der Waals surface area contributed by atoms with E-state index in [0.29, 0.717) is 0 Å². The third-order valence-electron chi connectivity index (χ3n) is 2.27. The molecule has 0 aromatic heterocycles. The topological polar surface area (TPSA) is 92.9 Å². The molecule has 0 atom stereocenters. The first-order valence-electron chi connectivity index (χ1n) is 3.82. The van der Waals surface area contributed by atoms with Crippen molar-refractivity contribution in [3.8, 4) is 0 Å². The molecular weight excluding hydrogens is 176 g/mol. The summed E-state index contributed by atoms with van der Waals surface area (Å²) in [6.07, 6.45) is -1.03. The average molecular weight is 188 g/mol. The Labute approximate surface area is 75.3 Å². The molecule has 1 aliphatic rings. The minimum absolute atomic E-state index is 0.115. The number of likely N-dealkylation sites (tertiary alicyclic amines) is 1. The van der Waals surface area contributed by atoms with Gasteiger partial charge in [-0.2, -0.15) is 0 Å². The lowest BCUT2D eigenvalue weighted by molar-refractivity contribution is -0.161. The summed E-state index contributed by atoms with van der Waals surface area (Å²) in [5.74, 6) is -0.437. The molecule has 6 heteroatoms. The number of carbonyl (C=O) groups is 2. The SMILES string of the molecule is COC(=O)C1(CN)CN(C(=O)O)C1. The minimum atomic E-state index is -1.03. The minimum Gasteiger partial charge on any atom is -0.468 e. The Hall–Kier alpha value is -1.30. The van der Waals surface area contributed by atoms with Crippen molar-refractivity contribution >= 4 is 12.1 Å². The summed E-state index contributed by atoms with van der Waals surface area (Å²) in [5.41, 5.74) is 4.57. The van der Waals surface area contributed by atoms with Crippen LogP contribution in [0.1, 0.15) is 0 Å². The van der Waals surface area contributed by atoms with E-state index in [1.807, 2.05) is 0 Å². The van der Waals surface area contributed by atoms with E-state index < -0.39 is 17.5 Å². The zero-order valence-corrected chi connectivity index (χ0v) is 7.32. The maximum Gasteiger partial charge on any atom is 0.407 e. The fraction of sp³-hybridized carbons (Fsp3) is 0.714.